The van der Waals surface area contributed by atoms with Crippen molar-refractivity contribution in [3.8, 4) is 5.75 Å². The molecule has 0 amide bonds. The van der Waals surface area contributed by atoms with Gasteiger partial charge in [-0.05, 0) is 42.7 Å². The van der Waals surface area contributed by atoms with Gasteiger partial charge in [-0.25, -0.2) is 0 Å². The van der Waals surface area contributed by atoms with E-state index in [0.29, 0.717) is 6.61 Å². The minimum atomic E-state index is 0.0459. The molecule has 100 valence electrons. The van der Waals surface area contributed by atoms with Gasteiger partial charge >= 0.3 is 0 Å². The predicted octanol–water partition coefficient (Wildman–Crippen LogP) is 2.23. The molecule has 0 radical (unpaired) electrons. The topological polar surface area (TPSA) is 60.2 Å². The Bertz CT molecular complexity index is 502. The van der Waals surface area contributed by atoms with Gasteiger partial charge in [0.05, 0.1) is 12.6 Å². The summed E-state index contributed by atoms with van der Waals surface area (Å²) >= 11 is 0. The molecule has 0 bridgehead atoms. The zero-order valence-electron chi connectivity index (χ0n) is 11.0. The SMILES string of the molecule is CCOc1cccc(C(Cc2cccnc2)NN)c1. The molecular formula is C15H19N3O. The van der Waals surface area contributed by atoms with E-state index >= 15 is 0 Å². The summed E-state index contributed by atoms with van der Waals surface area (Å²) in [5.74, 6) is 6.53. The average molecular weight is 257 g/mol. The fourth-order valence-electron chi connectivity index (χ4n) is 2.02. The normalized spacial score (nSPS) is 12.1. The summed E-state index contributed by atoms with van der Waals surface area (Å²) in [6, 6.07) is 12.0. The van der Waals surface area contributed by atoms with Crippen LogP contribution in [0, 0.1) is 0 Å². The molecule has 3 N–H and O–H groups in total. The summed E-state index contributed by atoms with van der Waals surface area (Å²) in [6.45, 7) is 2.63. The van der Waals surface area contributed by atoms with Crippen molar-refractivity contribution in [3.05, 3.63) is 59.9 Å². The first-order chi connectivity index (χ1) is 9.33. The van der Waals surface area contributed by atoms with E-state index < -0.39 is 0 Å². The fraction of sp³-hybridized carbons (Fsp3) is 0.267. The van der Waals surface area contributed by atoms with Crippen LogP contribution in [0.15, 0.2) is 48.8 Å². The smallest absolute Gasteiger partial charge is 0.119 e. The molecule has 4 heteroatoms. The van der Waals surface area contributed by atoms with Crippen molar-refractivity contribution in [2.75, 3.05) is 6.61 Å². The lowest BCUT2D eigenvalue weighted by Crippen LogP contribution is -2.29. The molecule has 2 rings (SSSR count). The van der Waals surface area contributed by atoms with E-state index in [1.54, 1.807) is 6.20 Å². The second kappa shape index (κ2) is 6.87. The Balaban J connectivity index is 2.15. The van der Waals surface area contributed by atoms with Crippen LogP contribution < -0.4 is 16.0 Å². The number of nitrogens with zero attached hydrogens (tertiary/aromatic N) is 1. The van der Waals surface area contributed by atoms with Gasteiger partial charge in [-0.3, -0.25) is 16.3 Å². The number of pyridine rings is 1. The first-order valence-electron chi connectivity index (χ1n) is 6.41. The van der Waals surface area contributed by atoms with E-state index in [4.69, 9.17) is 10.6 Å². The predicted molar refractivity (Wildman–Crippen MR) is 75.6 cm³/mol. The van der Waals surface area contributed by atoms with Crippen molar-refractivity contribution in [2.45, 2.75) is 19.4 Å². The minimum absolute atomic E-state index is 0.0459. The molecule has 0 fully saturated rings. The molecule has 0 saturated carbocycles. The maximum atomic E-state index is 5.67. The average Bonchev–Trinajstić information content (AvgIpc) is 2.46. The number of hydrazine groups is 1. The fourth-order valence-corrected chi connectivity index (χ4v) is 2.02. The summed E-state index contributed by atoms with van der Waals surface area (Å²) in [7, 11) is 0. The van der Waals surface area contributed by atoms with Crippen LogP contribution in [0.2, 0.25) is 0 Å². The number of aromatic nitrogens is 1. The molecular weight excluding hydrogens is 238 g/mol. The Morgan fingerprint density at radius 2 is 2.21 bits per heavy atom. The molecule has 1 heterocycles. The standard InChI is InChI=1S/C15H19N3O/c1-2-19-14-7-3-6-13(10-14)15(18-16)9-12-5-4-8-17-11-12/h3-8,10-11,15,18H,2,9,16H2,1H3. The van der Waals surface area contributed by atoms with Crippen LogP contribution in [0.25, 0.3) is 0 Å². The van der Waals surface area contributed by atoms with Gasteiger partial charge in [0, 0.05) is 12.4 Å². The third kappa shape index (κ3) is 3.77. The number of benzene rings is 1. The Morgan fingerprint density at radius 1 is 1.32 bits per heavy atom. The van der Waals surface area contributed by atoms with Gasteiger partial charge in [-0.1, -0.05) is 18.2 Å². The van der Waals surface area contributed by atoms with Gasteiger partial charge in [0.1, 0.15) is 5.75 Å². The van der Waals surface area contributed by atoms with Crippen LogP contribution in [-0.2, 0) is 6.42 Å². The number of nitrogens with one attached hydrogen (secondary N) is 1. The molecule has 0 aliphatic carbocycles. The van der Waals surface area contributed by atoms with E-state index in [1.165, 1.54) is 0 Å². The summed E-state index contributed by atoms with van der Waals surface area (Å²) in [5.41, 5.74) is 5.11. The first kappa shape index (κ1) is 13.5. The minimum Gasteiger partial charge on any atom is -0.494 e. The molecule has 4 nitrogen and oxygen atoms in total. The monoisotopic (exact) mass is 257 g/mol. The molecule has 1 atom stereocenters. The van der Waals surface area contributed by atoms with Crippen molar-refractivity contribution >= 4 is 0 Å². The number of hydrogen-bond acceptors (Lipinski definition) is 4. The van der Waals surface area contributed by atoms with E-state index in [2.05, 4.69) is 10.4 Å². The number of ether oxygens (including phenoxy) is 1. The molecule has 1 aromatic carbocycles. The van der Waals surface area contributed by atoms with E-state index in [1.807, 2.05) is 49.5 Å². The van der Waals surface area contributed by atoms with Gasteiger partial charge < -0.3 is 4.74 Å². The maximum absolute atomic E-state index is 5.67. The molecule has 1 unspecified atom stereocenters. The summed E-state index contributed by atoms with van der Waals surface area (Å²) in [4.78, 5) is 4.12. The van der Waals surface area contributed by atoms with Gasteiger partial charge in [0.15, 0.2) is 0 Å². The second-order valence-electron chi connectivity index (χ2n) is 4.29. The van der Waals surface area contributed by atoms with Crippen LogP contribution >= 0.6 is 0 Å². The van der Waals surface area contributed by atoms with Gasteiger partial charge in [-0.15, -0.1) is 0 Å². The van der Waals surface area contributed by atoms with Crippen molar-refractivity contribution in [1.82, 2.24) is 10.4 Å². The summed E-state index contributed by atoms with van der Waals surface area (Å²) in [5, 5.41) is 0. The van der Waals surface area contributed by atoms with Crippen LogP contribution in [0.4, 0.5) is 0 Å². The lowest BCUT2D eigenvalue weighted by Gasteiger charge is -2.17. The molecule has 0 aliphatic rings. The van der Waals surface area contributed by atoms with E-state index in [-0.39, 0.29) is 6.04 Å². The maximum Gasteiger partial charge on any atom is 0.119 e. The van der Waals surface area contributed by atoms with Crippen LogP contribution in [0.3, 0.4) is 0 Å². The molecule has 1 aromatic heterocycles. The highest BCUT2D eigenvalue weighted by molar-refractivity contribution is 5.31. The zero-order chi connectivity index (χ0) is 13.5. The Hall–Kier alpha value is -1.91. The summed E-state index contributed by atoms with van der Waals surface area (Å²) in [6.07, 6.45) is 4.42. The highest BCUT2D eigenvalue weighted by atomic mass is 16.5. The Kier molecular flexibility index (Phi) is 4.89. The molecule has 0 spiro atoms. The van der Waals surface area contributed by atoms with E-state index in [9.17, 15) is 0 Å². The highest BCUT2D eigenvalue weighted by Crippen LogP contribution is 2.21. The largest absolute Gasteiger partial charge is 0.494 e. The molecule has 19 heavy (non-hydrogen) atoms. The van der Waals surface area contributed by atoms with Gasteiger partial charge in [-0.2, -0.15) is 0 Å². The molecule has 0 aliphatic heterocycles. The third-order valence-electron chi connectivity index (χ3n) is 2.94. The number of hydrogen-bond donors (Lipinski definition) is 2. The van der Waals surface area contributed by atoms with Gasteiger partial charge in [0.2, 0.25) is 0 Å². The Morgan fingerprint density at radius 3 is 2.89 bits per heavy atom. The Labute approximate surface area is 113 Å². The lowest BCUT2D eigenvalue weighted by molar-refractivity contribution is 0.339. The van der Waals surface area contributed by atoms with Crippen molar-refractivity contribution < 1.29 is 4.74 Å². The van der Waals surface area contributed by atoms with Crippen molar-refractivity contribution in [3.63, 3.8) is 0 Å². The first-order valence-corrected chi connectivity index (χ1v) is 6.41. The van der Waals surface area contributed by atoms with Crippen LogP contribution in [0.5, 0.6) is 5.75 Å². The van der Waals surface area contributed by atoms with Crippen molar-refractivity contribution in [2.24, 2.45) is 5.84 Å². The van der Waals surface area contributed by atoms with Gasteiger partial charge in [0.25, 0.3) is 0 Å². The van der Waals surface area contributed by atoms with E-state index in [0.717, 1.165) is 23.3 Å². The van der Waals surface area contributed by atoms with Crippen LogP contribution in [0.1, 0.15) is 24.1 Å². The molecule has 0 saturated heterocycles. The highest BCUT2D eigenvalue weighted by Gasteiger charge is 2.11. The summed E-state index contributed by atoms with van der Waals surface area (Å²) < 4.78 is 5.51. The quantitative estimate of drug-likeness (QED) is 0.615. The number of rotatable bonds is 6. The third-order valence-corrected chi connectivity index (χ3v) is 2.94. The van der Waals surface area contributed by atoms with Crippen molar-refractivity contribution in [1.29, 1.82) is 0 Å². The number of nitrogens with two attached hydrogens (primary N) is 1. The van der Waals surface area contributed by atoms with Crippen LogP contribution in [-0.4, -0.2) is 11.6 Å². The second-order valence-corrected chi connectivity index (χ2v) is 4.29. The zero-order valence-corrected chi connectivity index (χ0v) is 11.0. The molecule has 2 aromatic rings. The lowest BCUT2D eigenvalue weighted by atomic mass is 10.0.